The maximum Gasteiger partial charge on any atom is 0.323 e. The number of benzene rings is 1. The van der Waals surface area contributed by atoms with Crippen LogP contribution < -0.4 is 11.0 Å². The Morgan fingerprint density at radius 3 is 2.88 bits per heavy atom. The number of aromatic nitrogens is 2. The Labute approximate surface area is 97.0 Å². The average molecular weight is 235 g/mol. The molecule has 2 aromatic rings. The summed E-state index contributed by atoms with van der Waals surface area (Å²) in [5, 5.41) is 2.95. The third-order valence-electron chi connectivity index (χ3n) is 2.41. The van der Waals surface area contributed by atoms with Crippen LogP contribution in [0.25, 0.3) is 11.0 Å². The van der Waals surface area contributed by atoms with Gasteiger partial charge >= 0.3 is 11.7 Å². The Kier molecular flexibility index (Phi) is 3.24. The highest BCUT2D eigenvalue weighted by atomic mass is 16.5. The molecule has 0 aliphatic heterocycles. The van der Waals surface area contributed by atoms with Crippen molar-refractivity contribution < 1.29 is 9.53 Å². The van der Waals surface area contributed by atoms with Gasteiger partial charge in [-0.25, -0.2) is 4.79 Å². The largest absolute Gasteiger partial charge is 0.468 e. The molecule has 6 heteroatoms. The molecule has 0 aliphatic rings. The summed E-state index contributed by atoms with van der Waals surface area (Å²) in [7, 11) is 1.35. The highest BCUT2D eigenvalue weighted by Crippen LogP contribution is 2.09. The molecular formula is C11H13N3O3. The van der Waals surface area contributed by atoms with E-state index < -0.39 is 0 Å². The van der Waals surface area contributed by atoms with Crippen molar-refractivity contribution in [1.82, 2.24) is 15.3 Å². The lowest BCUT2D eigenvalue weighted by Gasteiger charge is -2.03. The second-order valence-corrected chi connectivity index (χ2v) is 3.64. The molecule has 0 saturated heterocycles. The molecule has 0 radical (unpaired) electrons. The van der Waals surface area contributed by atoms with Crippen LogP contribution in [0, 0.1) is 0 Å². The summed E-state index contributed by atoms with van der Waals surface area (Å²) in [5.74, 6) is -0.305. The third kappa shape index (κ3) is 2.73. The summed E-state index contributed by atoms with van der Waals surface area (Å²) in [5.41, 5.74) is 2.29. The van der Waals surface area contributed by atoms with Crippen LogP contribution >= 0.6 is 0 Å². The van der Waals surface area contributed by atoms with Gasteiger partial charge in [0.25, 0.3) is 0 Å². The van der Waals surface area contributed by atoms with Gasteiger partial charge in [-0.3, -0.25) is 4.79 Å². The lowest BCUT2D eigenvalue weighted by molar-refractivity contribution is -0.139. The molecule has 0 spiro atoms. The SMILES string of the molecule is COC(=O)CNCc1ccc2[nH]c(=O)[nH]c2c1. The van der Waals surface area contributed by atoms with Crippen LogP contribution in [0.3, 0.4) is 0 Å². The average Bonchev–Trinajstić information content (AvgIpc) is 2.68. The van der Waals surface area contributed by atoms with E-state index in [-0.39, 0.29) is 18.2 Å². The highest BCUT2D eigenvalue weighted by Gasteiger charge is 2.01. The maximum absolute atomic E-state index is 11.1. The van der Waals surface area contributed by atoms with Gasteiger partial charge in [0.15, 0.2) is 0 Å². The second kappa shape index (κ2) is 4.84. The standard InChI is InChI=1S/C11H13N3O3/c1-17-10(15)6-12-5-7-2-3-8-9(4-7)14-11(16)13-8/h2-4,12H,5-6H2,1H3,(H2,13,14,16). The van der Waals surface area contributed by atoms with E-state index in [0.717, 1.165) is 16.6 Å². The number of methoxy groups -OCH3 is 1. The number of hydrogen-bond acceptors (Lipinski definition) is 4. The molecule has 0 fully saturated rings. The van der Waals surface area contributed by atoms with E-state index in [1.54, 1.807) is 0 Å². The van der Waals surface area contributed by atoms with Crippen molar-refractivity contribution in [3.63, 3.8) is 0 Å². The summed E-state index contributed by atoms with van der Waals surface area (Å²) in [6.07, 6.45) is 0. The van der Waals surface area contributed by atoms with E-state index >= 15 is 0 Å². The first-order valence-corrected chi connectivity index (χ1v) is 5.17. The van der Waals surface area contributed by atoms with Crippen molar-refractivity contribution >= 4 is 17.0 Å². The van der Waals surface area contributed by atoms with E-state index in [0.29, 0.717) is 6.54 Å². The predicted octanol–water partition coefficient (Wildman–Crippen LogP) is 0.119. The number of rotatable bonds is 4. The number of imidazole rings is 1. The van der Waals surface area contributed by atoms with Gasteiger partial charge in [0.1, 0.15) is 0 Å². The number of carbonyl (C=O) groups excluding carboxylic acids is 1. The molecule has 90 valence electrons. The quantitative estimate of drug-likeness (QED) is 0.657. The van der Waals surface area contributed by atoms with Gasteiger partial charge in [-0.1, -0.05) is 6.07 Å². The van der Waals surface area contributed by atoms with Crippen molar-refractivity contribution in [2.45, 2.75) is 6.54 Å². The van der Waals surface area contributed by atoms with Crippen LogP contribution in [0.2, 0.25) is 0 Å². The van der Waals surface area contributed by atoms with Gasteiger partial charge in [0.2, 0.25) is 0 Å². The van der Waals surface area contributed by atoms with Crippen LogP contribution in [0.5, 0.6) is 0 Å². The monoisotopic (exact) mass is 235 g/mol. The van der Waals surface area contributed by atoms with E-state index in [1.165, 1.54) is 7.11 Å². The third-order valence-corrected chi connectivity index (χ3v) is 2.41. The molecule has 1 heterocycles. The van der Waals surface area contributed by atoms with Gasteiger partial charge in [-0.15, -0.1) is 0 Å². The first kappa shape index (κ1) is 11.4. The van der Waals surface area contributed by atoms with E-state index in [4.69, 9.17) is 0 Å². The molecule has 2 rings (SSSR count). The fraction of sp³-hybridized carbons (Fsp3) is 0.273. The molecule has 17 heavy (non-hydrogen) atoms. The Bertz CT molecular complexity index is 585. The van der Waals surface area contributed by atoms with Gasteiger partial charge < -0.3 is 20.0 Å². The summed E-state index contributed by atoms with van der Waals surface area (Å²) in [6, 6.07) is 5.57. The van der Waals surface area contributed by atoms with Crippen LogP contribution in [0.4, 0.5) is 0 Å². The van der Waals surface area contributed by atoms with Crippen molar-refractivity contribution in [3.8, 4) is 0 Å². The molecule has 1 aromatic carbocycles. The fourth-order valence-corrected chi connectivity index (χ4v) is 1.57. The molecule has 3 N–H and O–H groups in total. The van der Waals surface area contributed by atoms with Crippen molar-refractivity contribution in [2.24, 2.45) is 0 Å². The van der Waals surface area contributed by atoms with Crippen LogP contribution in [0.1, 0.15) is 5.56 Å². The molecule has 0 atom stereocenters. The molecule has 0 saturated carbocycles. The highest BCUT2D eigenvalue weighted by molar-refractivity contribution is 5.75. The smallest absolute Gasteiger partial charge is 0.323 e. The van der Waals surface area contributed by atoms with E-state index in [1.807, 2.05) is 18.2 Å². The normalized spacial score (nSPS) is 10.6. The molecule has 6 nitrogen and oxygen atoms in total. The summed E-state index contributed by atoms with van der Waals surface area (Å²) in [4.78, 5) is 27.3. The lowest BCUT2D eigenvalue weighted by atomic mass is 10.2. The first-order chi connectivity index (χ1) is 8.19. The van der Waals surface area contributed by atoms with E-state index in [2.05, 4.69) is 20.0 Å². The molecule has 0 amide bonds. The van der Waals surface area contributed by atoms with Crippen molar-refractivity contribution in [2.75, 3.05) is 13.7 Å². The molecule has 0 unspecified atom stereocenters. The van der Waals surface area contributed by atoms with Crippen LogP contribution in [-0.4, -0.2) is 29.6 Å². The zero-order valence-electron chi connectivity index (χ0n) is 9.37. The van der Waals surface area contributed by atoms with Crippen molar-refractivity contribution in [3.05, 3.63) is 34.2 Å². The zero-order valence-corrected chi connectivity index (χ0v) is 9.37. The number of fused-ring (bicyclic) bond motifs is 1. The van der Waals surface area contributed by atoms with E-state index in [9.17, 15) is 9.59 Å². The predicted molar refractivity (Wildman–Crippen MR) is 62.6 cm³/mol. The molecule has 0 bridgehead atoms. The topological polar surface area (TPSA) is 87.0 Å². The summed E-state index contributed by atoms with van der Waals surface area (Å²) >= 11 is 0. The minimum absolute atomic E-state index is 0.165. The molecule has 1 aromatic heterocycles. The van der Waals surface area contributed by atoms with Gasteiger partial charge in [-0.2, -0.15) is 0 Å². The number of hydrogen-bond donors (Lipinski definition) is 3. The molecular weight excluding hydrogens is 222 g/mol. The van der Waals surface area contributed by atoms with Gasteiger partial charge in [0, 0.05) is 6.54 Å². The second-order valence-electron chi connectivity index (χ2n) is 3.64. The van der Waals surface area contributed by atoms with Gasteiger partial charge in [0.05, 0.1) is 24.7 Å². The number of carbonyl (C=O) groups is 1. The minimum atomic E-state index is -0.305. The number of ether oxygens (including phenoxy) is 1. The van der Waals surface area contributed by atoms with Crippen molar-refractivity contribution in [1.29, 1.82) is 0 Å². The number of aromatic amines is 2. The fourth-order valence-electron chi connectivity index (χ4n) is 1.57. The van der Waals surface area contributed by atoms with Crippen LogP contribution in [-0.2, 0) is 16.1 Å². The Hall–Kier alpha value is -2.08. The maximum atomic E-state index is 11.1. The summed E-state index contributed by atoms with van der Waals surface area (Å²) in [6.45, 7) is 0.705. The number of esters is 1. The minimum Gasteiger partial charge on any atom is -0.468 e. The van der Waals surface area contributed by atoms with Crippen LogP contribution in [0.15, 0.2) is 23.0 Å². The number of nitrogens with one attached hydrogen (secondary N) is 3. The molecule has 0 aliphatic carbocycles. The summed E-state index contributed by atoms with van der Waals surface area (Å²) < 4.78 is 4.51. The lowest BCUT2D eigenvalue weighted by Crippen LogP contribution is -2.23. The Morgan fingerprint density at radius 1 is 1.35 bits per heavy atom. The Balaban J connectivity index is 2.04. The Morgan fingerprint density at radius 2 is 2.12 bits per heavy atom. The number of H-pyrrole nitrogens is 2. The first-order valence-electron chi connectivity index (χ1n) is 5.17. The van der Waals surface area contributed by atoms with Gasteiger partial charge in [-0.05, 0) is 17.7 Å². The zero-order chi connectivity index (χ0) is 12.3.